The van der Waals surface area contributed by atoms with Crippen LogP contribution in [-0.4, -0.2) is 25.9 Å². The first kappa shape index (κ1) is 13.8. The van der Waals surface area contributed by atoms with Gasteiger partial charge in [-0.05, 0) is 30.0 Å². The first-order valence-corrected chi connectivity index (χ1v) is 7.40. The summed E-state index contributed by atoms with van der Waals surface area (Å²) in [6.45, 7) is 4.86. The van der Waals surface area contributed by atoms with Crippen molar-refractivity contribution in [3.05, 3.63) is 48.2 Å². The Bertz CT molecular complexity index is 725. The van der Waals surface area contributed by atoms with Crippen LogP contribution in [0.4, 0.5) is 0 Å². The van der Waals surface area contributed by atoms with Gasteiger partial charge in [0, 0.05) is 19.8 Å². The highest BCUT2D eigenvalue weighted by Gasteiger charge is 2.09. The van der Waals surface area contributed by atoms with E-state index in [2.05, 4.69) is 57.5 Å². The number of aromatic nitrogens is 4. The third kappa shape index (κ3) is 2.83. The van der Waals surface area contributed by atoms with Gasteiger partial charge in [-0.15, -0.1) is 10.2 Å². The van der Waals surface area contributed by atoms with Gasteiger partial charge in [0.15, 0.2) is 5.82 Å². The molecule has 0 saturated heterocycles. The molecule has 3 aromatic rings. The molecular weight excluding hydrogens is 262 g/mol. The molecule has 21 heavy (non-hydrogen) atoms. The fraction of sp³-hybridized carbons (Fsp3) is 0.375. The first-order chi connectivity index (χ1) is 10.3. The highest BCUT2D eigenvalue weighted by molar-refractivity contribution is 5.83. The quantitative estimate of drug-likeness (QED) is 0.706. The Morgan fingerprint density at radius 2 is 2.14 bits per heavy atom. The number of rotatable bonds is 6. The van der Waals surface area contributed by atoms with E-state index in [0.29, 0.717) is 0 Å². The standard InChI is InChI=1S/C16H21N5/c1-3-8-17-10-14-6-4-5-13-7-9-21(16(13)14)11-15-19-18-12-20(15)2/h4-7,9,12,17H,3,8,10-11H2,1-2H3. The van der Waals surface area contributed by atoms with Crippen LogP contribution in [0.15, 0.2) is 36.8 Å². The highest BCUT2D eigenvalue weighted by Crippen LogP contribution is 2.21. The number of para-hydroxylation sites is 1. The van der Waals surface area contributed by atoms with Gasteiger partial charge < -0.3 is 14.5 Å². The Morgan fingerprint density at radius 3 is 2.90 bits per heavy atom. The van der Waals surface area contributed by atoms with Crippen LogP contribution in [0.1, 0.15) is 24.7 Å². The summed E-state index contributed by atoms with van der Waals surface area (Å²) in [5.74, 6) is 0.962. The molecule has 0 radical (unpaired) electrons. The van der Waals surface area contributed by atoms with Gasteiger partial charge in [0.2, 0.25) is 0 Å². The second-order valence-electron chi connectivity index (χ2n) is 5.33. The van der Waals surface area contributed by atoms with Crippen LogP contribution in [0, 0.1) is 0 Å². The predicted octanol–water partition coefficient (Wildman–Crippen LogP) is 2.32. The van der Waals surface area contributed by atoms with Crippen molar-refractivity contribution in [1.82, 2.24) is 24.6 Å². The molecule has 0 amide bonds. The summed E-state index contributed by atoms with van der Waals surface area (Å²) in [4.78, 5) is 0. The van der Waals surface area contributed by atoms with Gasteiger partial charge >= 0.3 is 0 Å². The number of nitrogens with zero attached hydrogens (tertiary/aromatic N) is 4. The molecule has 0 unspecified atom stereocenters. The fourth-order valence-corrected chi connectivity index (χ4v) is 2.62. The van der Waals surface area contributed by atoms with E-state index < -0.39 is 0 Å². The van der Waals surface area contributed by atoms with Crippen molar-refractivity contribution < 1.29 is 0 Å². The Morgan fingerprint density at radius 1 is 1.24 bits per heavy atom. The fourth-order valence-electron chi connectivity index (χ4n) is 2.62. The van der Waals surface area contributed by atoms with Crippen molar-refractivity contribution in [1.29, 1.82) is 0 Å². The van der Waals surface area contributed by atoms with Gasteiger partial charge in [-0.2, -0.15) is 0 Å². The third-order valence-corrected chi connectivity index (χ3v) is 3.73. The van der Waals surface area contributed by atoms with Crippen LogP contribution in [0.3, 0.4) is 0 Å². The van der Waals surface area contributed by atoms with Gasteiger partial charge in [0.25, 0.3) is 0 Å². The molecule has 0 aliphatic rings. The van der Waals surface area contributed by atoms with Crippen LogP contribution < -0.4 is 5.32 Å². The van der Waals surface area contributed by atoms with Crippen LogP contribution in [0.5, 0.6) is 0 Å². The van der Waals surface area contributed by atoms with Crippen molar-refractivity contribution in [3.63, 3.8) is 0 Å². The second-order valence-corrected chi connectivity index (χ2v) is 5.33. The molecule has 0 fully saturated rings. The minimum Gasteiger partial charge on any atom is -0.340 e. The average molecular weight is 283 g/mol. The van der Waals surface area contributed by atoms with Crippen molar-refractivity contribution in [3.8, 4) is 0 Å². The average Bonchev–Trinajstić information content (AvgIpc) is 3.08. The number of nitrogens with one attached hydrogen (secondary N) is 1. The summed E-state index contributed by atoms with van der Waals surface area (Å²) in [6, 6.07) is 8.64. The highest BCUT2D eigenvalue weighted by atomic mass is 15.3. The lowest BCUT2D eigenvalue weighted by atomic mass is 10.1. The molecule has 0 atom stereocenters. The van der Waals surface area contributed by atoms with Crippen LogP contribution in [0.25, 0.3) is 10.9 Å². The van der Waals surface area contributed by atoms with E-state index in [9.17, 15) is 0 Å². The summed E-state index contributed by atoms with van der Waals surface area (Å²) in [6.07, 6.45) is 5.02. The van der Waals surface area contributed by atoms with Gasteiger partial charge in [0.05, 0.1) is 12.1 Å². The van der Waals surface area contributed by atoms with Crippen molar-refractivity contribution >= 4 is 10.9 Å². The third-order valence-electron chi connectivity index (χ3n) is 3.73. The summed E-state index contributed by atoms with van der Waals surface area (Å²) >= 11 is 0. The summed E-state index contributed by atoms with van der Waals surface area (Å²) in [5.41, 5.74) is 2.61. The summed E-state index contributed by atoms with van der Waals surface area (Å²) < 4.78 is 4.21. The molecule has 2 aromatic heterocycles. The van der Waals surface area contributed by atoms with E-state index in [1.165, 1.54) is 16.5 Å². The van der Waals surface area contributed by atoms with E-state index in [0.717, 1.165) is 31.9 Å². The first-order valence-electron chi connectivity index (χ1n) is 7.40. The lowest BCUT2D eigenvalue weighted by Gasteiger charge is -2.10. The van der Waals surface area contributed by atoms with E-state index in [-0.39, 0.29) is 0 Å². The van der Waals surface area contributed by atoms with E-state index >= 15 is 0 Å². The predicted molar refractivity (Wildman–Crippen MR) is 84.0 cm³/mol. The molecule has 2 heterocycles. The molecule has 5 nitrogen and oxygen atoms in total. The van der Waals surface area contributed by atoms with E-state index in [1.54, 1.807) is 6.33 Å². The largest absolute Gasteiger partial charge is 0.340 e. The molecule has 0 saturated carbocycles. The number of aryl methyl sites for hydroxylation is 1. The monoisotopic (exact) mass is 283 g/mol. The normalized spacial score (nSPS) is 11.3. The van der Waals surface area contributed by atoms with E-state index in [4.69, 9.17) is 0 Å². The molecule has 0 spiro atoms. The molecule has 0 bridgehead atoms. The topological polar surface area (TPSA) is 47.7 Å². The van der Waals surface area contributed by atoms with Gasteiger partial charge in [-0.1, -0.05) is 25.1 Å². The van der Waals surface area contributed by atoms with Gasteiger partial charge in [-0.25, -0.2) is 0 Å². The molecular formula is C16H21N5. The zero-order valence-electron chi connectivity index (χ0n) is 12.6. The van der Waals surface area contributed by atoms with Crippen LogP contribution in [0.2, 0.25) is 0 Å². The lowest BCUT2D eigenvalue weighted by molar-refractivity contribution is 0.671. The Hall–Kier alpha value is -2.14. The Kier molecular flexibility index (Phi) is 4.01. The molecule has 0 aliphatic carbocycles. The molecule has 0 aliphatic heterocycles. The molecule has 3 rings (SSSR count). The Balaban J connectivity index is 1.93. The summed E-state index contributed by atoms with van der Waals surface area (Å²) in [7, 11) is 1.98. The maximum absolute atomic E-state index is 4.18. The van der Waals surface area contributed by atoms with Crippen LogP contribution >= 0.6 is 0 Å². The zero-order valence-corrected chi connectivity index (χ0v) is 12.6. The maximum Gasteiger partial charge on any atom is 0.152 e. The number of hydrogen-bond donors (Lipinski definition) is 1. The van der Waals surface area contributed by atoms with E-state index in [1.807, 2.05) is 11.6 Å². The van der Waals surface area contributed by atoms with Crippen molar-refractivity contribution in [2.24, 2.45) is 7.05 Å². The minimum absolute atomic E-state index is 0.741. The Labute approximate surface area is 124 Å². The molecule has 1 N–H and O–H groups in total. The second kappa shape index (κ2) is 6.10. The molecule has 5 heteroatoms. The minimum atomic E-state index is 0.741. The smallest absolute Gasteiger partial charge is 0.152 e. The van der Waals surface area contributed by atoms with Crippen molar-refractivity contribution in [2.75, 3.05) is 6.54 Å². The zero-order chi connectivity index (χ0) is 14.7. The molecule has 110 valence electrons. The summed E-state index contributed by atoms with van der Waals surface area (Å²) in [5, 5.41) is 12.9. The van der Waals surface area contributed by atoms with Gasteiger partial charge in [-0.3, -0.25) is 0 Å². The van der Waals surface area contributed by atoms with Gasteiger partial charge in [0.1, 0.15) is 6.33 Å². The van der Waals surface area contributed by atoms with Crippen LogP contribution in [-0.2, 0) is 20.1 Å². The van der Waals surface area contributed by atoms with Crippen molar-refractivity contribution in [2.45, 2.75) is 26.4 Å². The maximum atomic E-state index is 4.18. The number of benzene rings is 1. The number of hydrogen-bond acceptors (Lipinski definition) is 3. The number of fused-ring (bicyclic) bond motifs is 1. The SMILES string of the molecule is CCCNCc1cccc2ccn(Cc3nncn3C)c12. The lowest BCUT2D eigenvalue weighted by Crippen LogP contribution is -2.15. The molecule has 1 aromatic carbocycles.